The molecule has 6 atom stereocenters. The molecule has 3 fully saturated rings. The highest BCUT2D eigenvalue weighted by molar-refractivity contribution is 5.87. The molecule has 250 valence electrons. The van der Waals surface area contributed by atoms with Crippen molar-refractivity contribution in [3.63, 3.8) is 0 Å². The summed E-state index contributed by atoms with van der Waals surface area (Å²) in [6.07, 6.45) is 6.06. The van der Waals surface area contributed by atoms with E-state index in [0.717, 1.165) is 38.4 Å². The number of aldehydes is 1. The Kier molecular flexibility index (Phi) is 8.74. The van der Waals surface area contributed by atoms with Gasteiger partial charge in [0.2, 0.25) is 11.8 Å². The first-order valence-corrected chi connectivity index (χ1v) is 16.8. The summed E-state index contributed by atoms with van der Waals surface area (Å²) >= 11 is 0. The van der Waals surface area contributed by atoms with Gasteiger partial charge < -0.3 is 23.9 Å². The van der Waals surface area contributed by atoms with Crippen LogP contribution in [0.15, 0.2) is 18.2 Å². The van der Waals surface area contributed by atoms with Crippen molar-refractivity contribution in [1.29, 1.82) is 0 Å². The van der Waals surface area contributed by atoms with Crippen molar-refractivity contribution >= 4 is 29.2 Å². The highest BCUT2D eigenvalue weighted by Crippen LogP contribution is 2.51. The van der Waals surface area contributed by atoms with Crippen LogP contribution in [0.25, 0.3) is 11.0 Å². The van der Waals surface area contributed by atoms with Gasteiger partial charge in [-0.25, -0.2) is 9.97 Å². The lowest BCUT2D eigenvalue weighted by atomic mass is 9.65. The third-order valence-electron chi connectivity index (χ3n) is 11.2. The number of rotatable bonds is 3. The molecule has 2 aliphatic heterocycles. The number of methoxy groups -OCH3 is 1. The summed E-state index contributed by atoms with van der Waals surface area (Å²) in [5.41, 5.74) is -1.03. The van der Waals surface area contributed by atoms with Gasteiger partial charge in [0.25, 0.3) is 5.92 Å². The summed E-state index contributed by atoms with van der Waals surface area (Å²) in [4.78, 5) is 50.8. The van der Waals surface area contributed by atoms with Gasteiger partial charge in [-0.2, -0.15) is 8.78 Å². The van der Waals surface area contributed by atoms with Crippen LogP contribution in [0.4, 0.5) is 8.78 Å². The summed E-state index contributed by atoms with van der Waals surface area (Å²) in [6, 6.07) is 3.99. The van der Waals surface area contributed by atoms with E-state index in [0.29, 0.717) is 30.5 Å². The van der Waals surface area contributed by atoms with Crippen molar-refractivity contribution < 1.29 is 37.4 Å². The Morgan fingerprint density at radius 3 is 2.48 bits per heavy atom. The molecule has 2 saturated carbocycles. The molecule has 1 amide bonds. The van der Waals surface area contributed by atoms with Gasteiger partial charge in [0.1, 0.15) is 23.7 Å². The van der Waals surface area contributed by atoms with Crippen LogP contribution in [-0.4, -0.2) is 64.4 Å². The molecule has 0 unspecified atom stereocenters. The predicted octanol–water partition coefficient (Wildman–Crippen LogP) is 6.40. The first-order chi connectivity index (χ1) is 21.9. The topological polar surface area (TPSA) is 108 Å². The van der Waals surface area contributed by atoms with Crippen molar-refractivity contribution in [3.05, 3.63) is 23.9 Å². The van der Waals surface area contributed by atoms with Gasteiger partial charge >= 0.3 is 5.97 Å². The molecule has 46 heavy (non-hydrogen) atoms. The second-order valence-electron chi connectivity index (χ2n) is 14.5. The van der Waals surface area contributed by atoms with Crippen molar-refractivity contribution in [3.8, 4) is 11.6 Å². The first kappa shape index (κ1) is 32.6. The number of carbonyl (C=O) groups is 3. The van der Waals surface area contributed by atoms with E-state index in [1.165, 1.54) is 12.0 Å². The molecule has 2 aliphatic carbocycles. The van der Waals surface area contributed by atoms with E-state index < -0.39 is 59.0 Å². The Hall–Kier alpha value is -3.37. The summed E-state index contributed by atoms with van der Waals surface area (Å²) in [5, 5.41) is 0. The van der Waals surface area contributed by atoms with Gasteiger partial charge in [0.05, 0.1) is 43.1 Å². The van der Waals surface area contributed by atoms with E-state index in [9.17, 15) is 14.4 Å². The fourth-order valence-electron chi connectivity index (χ4n) is 8.00. The van der Waals surface area contributed by atoms with Crippen LogP contribution in [0.5, 0.6) is 11.6 Å². The Balaban J connectivity index is 1.40. The van der Waals surface area contributed by atoms with E-state index >= 15 is 8.78 Å². The van der Waals surface area contributed by atoms with Gasteiger partial charge in [-0.15, -0.1) is 0 Å². The molecule has 1 aromatic carbocycles. The minimum atomic E-state index is -3.34. The first-order valence-electron chi connectivity index (χ1n) is 16.8. The lowest BCUT2D eigenvalue weighted by molar-refractivity contribution is -0.159. The highest BCUT2D eigenvalue weighted by Gasteiger charge is 2.55. The van der Waals surface area contributed by atoms with Gasteiger partial charge in [-0.3, -0.25) is 9.59 Å². The minimum absolute atomic E-state index is 0.00629. The number of hydrogen-bond acceptors (Lipinski definition) is 8. The molecule has 0 spiro atoms. The standard InChI is InChI=1S/C35H45F2N3O6/c1-21-27(20-41)40-19-28(21)45-31-30(38-25-12-11-23(44-4)16-26(25)39-31)35(36,37)15-9-6-10-22-18-34(22,3)46-29(42)17-24(32(40)43)33(2)13-7-5-8-14-33/h11-12,16,20-22,24,27-28H,5-10,13-15,17-19H2,1-4H3/t21-,22+,24+,27+,28-,34+/m0/s1. The third-order valence-corrected chi connectivity index (χ3v) is 11.2. The van der Waals surface area contributed by atoms with Crippen LogP contribution in [0.3, 0.4) is 0 Å². The fourth-order valence-corrected chi connectivity index (χ4v) is 8.00. The number of esters is 1. The highest BCUT2D eigenvalue weighted by atomic mass is 19.3. The number of aromatic nitrogens is 2. The van der Waals surface area contributed by atoms with Gasteiger partial charge in [-0.05, 0) is 56.6 Å². The maximum atomic E-state index is 16.0. The quantitative estimate of drug-likeness (QED) is 0.280. The Labute approximate surface area is 268 Å². The molecule has 3 heterocycles. The zero-order valence-corrected chi connectivity index (χ0v) is 27.2. The summed E-state index contributed by atoms with van der Waals surface area (Å²) in [7, 11) is 1.50. The monoisotopic (exact) mass is 641 g/mol. The Morgan fingerprint density at radius 2 is 1.76 bits per heavy atom. The molecular weight excluding hydrogens is 596 g/mol. The number of nitrogens with zero attached hydrogens (tertiary/aromatic N) is 3. The molecule has 2 aromatic rings. The molecule has 1 aromatic heterocycles. The SMILES string of the molecule is COc1ccc2nc3c(nc2c1)O[C@H]1CN(C(=O)[C@H](C2(C)CCCCC2)CC(=O)O[C@]2(C)C[C@H]2CCCCC3(F)F)[C@H](C=O)[C@@H]1C. The second-order valence-corrected chi connectivity index (χ2v) is 14.5. The zero-order valence-electron chi connectivity index (χ0n) is 27.2. The lowest BCUT2D eigenvalue weighted by Crippen LogP contribution is -2.48. The molecule has 0 radical (unpaired) electrons. The number of carbonyl (C=O) groups excluding carboxylic acids is 3. The van der Waals surface area contributed by atoms with Gasteiger partial charge in [0.15, 0.2) is 5.69 Å². The number of benzene rings is 1. The lowest BCUT2D eigenvalue weighted by Gasteiger charge is -2.41. The van der Waals surface area contributed by atoms with Crippen molar-refractivity contribution in [1.82, 2.24) is 14.9 Å². The van der Waals surface area contributed by atoms with E-state index in [1.807, 2.05) is 6.92 Å². The van der Waals surface area contributed by atoms with Crippen LogP contribution >= 0.6 is 0 Å². The van der Waals surface area contributed by atoms with Crippen LogP contribution in [0.2, 0.25) is 0 Å². The number of fused-ring (bicyclic) bond motifs is 5. The minimum Gasteiger partial charge on any atom is -0.497 e. The zero-order chi connectivity index (χ0) is 32.9. The van der Waals surface area contributed by atoms with E-state index in [2.05, 4.69) is 16.9 Å². The Morgan fingerprint density at radius 1 is 1.02 bits per heavy atom. The molecule has 6 rings (SSSR count). The summed E-state index contributed by atoms with van der Waals surface area (Å²) in [5.74, 6) is -5.00. The molecule has 9 nitrogen and oxygen atoms in total. The largest absolute Gasteiger partial charge is 0.497 e. The Bertz CT molecular complexity index is 1500. The normalized spacial score (nSPS) is 33.1. The van der Waals surface area contributed by atoms with Crippen LogP contribution in [0.1, 0.15) is 97.1 Å². The van der Waals surface area contributed by atoms with Crippen molar-refractivity contribution in [2.24, 2.45) is 23.2 Å². The fraction of sp³-hybridized carbons (Fsp3) is 0.686. The van der Waals surface area contributed by atoms with E-state index in [-0.39, 0.29) is 42.6 Å². The predicted molar refractivity (Wildman–Crippen MR) is 165 cm³/mol. The maximum absolute atomic E-state index is 16.0. The van der Waals surface area contributed by atoms with Crippen molar-refractivity contribution in [2.45, 2.75) is 115 Å². The average Bonchev–Trinajstić information content (AvgIpc) is 3.55. The second kappa shape index (κ2) is 12.3. The maximum Gasteiger partial charge on any atom is 0.307 e. The average molecular weight is 642 g/mol. The van der Waals surface area contributed by atoms with Crippen LogP contribution < -0.4 is 9.47 Å². The van der Waals surface area contributed by atoms with Gasteiger partial charge in [-0.1, -0.05) is 39.5 Å². The summed E-state index contributed by atoms with van der Waals surface area (Å²) < 4.78 is 49.5. The third kappa shape index (κ3) is 6.18. The molecule has 1 saturated heterocycles. The molecule has 4 aliphatic rings. The number of hydrogen-bond donors (Lipinski definition) is 0. The number of alkyl halides is 2. The van der Waals surface area contributed by atoms with Crippen LogP contribution in [-0.2, 0) is 25.0 Å². The summed E-state index contributed by atoms with van der Waals surface area (Å²) in [6.45, 7) is 5.72. The van der Waals surface area contributed by atoms with Crippen molar-refractivity contribution in [2.75, 3.05) is 13.7 Å². The molecule has 2 bridgehead atoms. The smallest absolute Gasteiger partial charge is 0.307 e. The molecule has 0 N–H and O–H groups in total. The number of ether oxygens (including phenoxy) is 3. The molecular formula is C35H45F2N3O6. The number of halogens is 2. The van der Waals surface area contributed by atoms with Crippen LogP contribution in [0, 0.1) is 23.2 Å². The van der Waals surface area contributed by atoms with Gasteiger partial charge in [0, 0.05) is 24.3 Å². The van der Waals surface area contributed by atoms with E-state index in [1.54, 1.807) is 25.1 Å². The molecule has 11 heteroatoms. The number of amides is 1. The van der Waals surface area contributed by atoms with E-state index in [4.69, 9.17) is 14.2 Å².